The largest absolute Gasteiger partial charge is 0.494 e. The summed E-state index contributed by atoms with van der Waals surface area (Å²) < 4.78 is 28.2. The SMILES string of the molecule is CC(CCOc1ccc(Br)cc1)CCS(N)(=O)=O. The second-order valence-corrected chi connectivity index (χ2v) is 7.00. The van der Waals surface area contributed by atoms with E-state index in [1.807, 2.05) is 31.2 Å². The van der Waals surface area contributed by atoms with Crippen molar-refractivity contribution in [3.63, 3.8) is 0 Å². The van der Waals surface area contributed by atoms with Gasteiger partial charge in [-0.25, -0.2) is 13.6 Å². The fourth-order valence-corrected chi connectivity index (χ4v) is 2.41. The predicted molar refractivity (Wildman–Crippen MR) is 76.0 cm³/mol. The molecule has 18 heavy (non-hydrogen) atoms. The van der Waals surface area contributed by atoms with E-state index in [1.165, 1.54) is 0 Å². The van der Waals surface area contributed by atoms with E-state index >= 15 is 0 Å². The molecule has 0 aliphatic carbocycles. The van der Waals surface area contributed by atoms with Crippen molar-refractivity contribution in [3.8, 4) is 5.75 Å². The van der Waals surface area contributed by atoms with Gasteiger partial charge in [0.05, 0.1) is 12.4 Å². The first-order valence-electron chi connectivity index (χ1n) is 5.75. The zero-order valence-electron chi connectivity index (χ0n) is 10.3. The van der Waals surface area contributed by atoms with Gasteiger partial charge in [0.2, 0.25) is 10.0 Å². The molecule has 0 radical (unpaired) electrons. The standard InChI is InChI=1S/C12H18BrNO3S/c1-10(7-9-18(14,15)16)6-8-17-12-4-2-11(13)3-5-12/h2-5,10H,6-9H2,1H3,(H2,14,15,16). The molecular formula is C12H18BrNO3S. The van der Waals surface area contributed by atoms with Crippen molar-refractivity contribution in [1.82, 2.24) is 0 Å². The number of nitrogens with two attached hydrogens (primary N) is 1. The van der Waals surface area contributed by atoms with Crippen LogP contribution in [0.25, 0.3) is 0 Å². The molecule has 0 aliphatic rings. The van der Waals surface area contributed by atoms with Crippen LogP contribution < -0.4 is 9.88 Å². The quantitative estimate of drug-likeness (QED) is 0.832. The summed E-state index contributed by atoms with van der Waals surface area (Å²) in [4.78, 5) is 0. The van der Waals surface area contributed by atoms with Crippen LogP contribution in [0, 0.1) is 5.92 Å². The molecule has 4 nitrogen and oxygen atoms in total. The van der Waals surface area contributed by atoms with Gasteiger partial charge in [0.25, 0.3) is 0 Å². The number of ether oxygens (including phenoxy) is 1. The van der Waals surface area contributed by atoms with E-state index in [9.17, 15) is 8.42 Å². The van der Waals surface area contributed by atoms with Gasteiger partial charge in [-0.2, -0.15) is 0 Å². The van der Waals surface area contributed by atoms with E-state index in [-0.39, 0.29) is 11.7 Å². The number of rotatable bonds is 7. The molecule has 6 heteroatoms. The lowest BCUT2D eigenvalue weighted by atomic mass is 10.1. The van der Waals surface area contributed by atoms with Crippen LogP contribution in [0.3, 0.4) is 0 Å². The highest BCUT2D eigenvalue weighted by atomic mass is 79.9. The summed E-state index contributed by atoms with van der Waals surface area (Å²) in [6, 6.07) is 7.61. The van der Waals surface area contributed by atoms with Gasteiger partial charge in [-0.3, -0.25) is 0 Å². The molecule has 0 bridgehead atoms. The van der Waals surface area contributed by atoms with E-state index in [2.05, 4.69) is 15.9 Å². The van der Waals surface area contributed by atoms with Crippen LogP contribution in [0.4, 0.5) is 0 Å². The molecular weight excluding hydrogens is 318 g/mol. The van der Waals surface area contributed by atoms with Gasteiger partial charge in [0, 0.05) is 4.47 Å². The van der Waals surface area contributed by atoms with Crippen molar-refractivity contribution in [2.45, 2.75) is 19.8 Å². The van der Waals surface area contributed by atoms with E-state index < -0.39 is 10.0 Å². The molecule has 1 atom stereocenters. The van der Waals surface area contributed by atoms with Gasteiger partial charge in [-0.15, -0.1) is 0 Å². The van der Waals surface area contributed by atoms with E-state index in [0.717, 1.165) is 16.6 Å². The molecule has 0 aromatic heterocycles. The van der Waals surface area contributed by atoms with Crippen LogP contribution in [0.2, 0.25) is 0 Å². The number of hydrogen-bond acceptors (Lipinski definition) is 3. The molecule has 0 saturated heterocycles. The average molecular weight is 336 g/mol. The zero-order valence-corrected chi connectivity index (χ0v) is 12.7. The fraction of sp³-hybridized carbons (Fsp3) is 0.500. The van der Waals surface area contributed by atoms with Gasteiger partial charge in [0.1, 0.15) is 5.75 Å². The summed E-state index contributed by atoms with van der Waals surface area (Å²) in [5.74, 6) is 1.13. The second-order valence-electron chi connectivity index (χ2n) is 4.35. The van der Waals surface area contributed by atoms with Crippen molar-refractivity contribution in [1.29, 1.82) is 0 Å². The Bertz CT molecular complexity index is 459. The third-order valence-electron chi connectivity index (χ3n) is 2.59. The zero-order chi connectivity index (χ0) is 13.6. The smallest absolute Gasteiger partial charge is 0.209 e. The lowest BCUT2D eigenvalue weighted by molar-refractivity contribution is 0.282. The Kier molecular flexibility index (Phi) is 6.11. The molecule has 1 rings (SSSR count). The van der Waals surface area contributed by atoms with Gasteiger partial charge in [-0.1, -0.05) is 22.9 Å². The maximum absolute atomic E-state index is 10.8. The molecule has 102 valence electrons. The summed E-state index contributed by atoms with van der Waals surface area (Å²) in [6.07, 6.45) is 1.38. The molecule has 0 saturated carbocycles. The Morgan fingerprint density at radius 3 is 2.44 bits per heavy atom. The van der Waals surface area contributed by atoms with E-state index in [1.54, 1.807) is 0 Å². The van der Waals surface area contributed by atoms with Gasteiger partial charge >= 0.3 is 0 Å². The second kappa shape index (κ2) is 7.11. The monoisotopic (exact) mass is 335 g/mol. The van der Waals surface area contributed by atoms with Crippen molar-refractivity contribution >= 4 is 26.0 Å². The molecule has 0 aliphatic heterocycles. The lowest BCUT2D eigenvalue weighted by Crippen LogP contribution is -2.18. The molecule has 0 fully saturated rings. The summed E-state index contributed by atoms with van der Waals surface area (Å²) >= 11 is 3.35. The third kappa shape index (κ3) is 6.98. The van der Waals surface area contributed by atoms with Gasteiger partial charge < -0.3 is 4.74 Å². The highest BCUT2D eigenvalue weighted by molar-refractivity contribution is 9.10. The first kappa shape index (κ1) is 15.5. The van der Waals surface area contributed by atoms with Crippen molar-refractivity contribution < 1.29 is 13.2 Å². The molecule has 1 aromatic rings. The molecule has 0 amide bonds. The lowest BCUT2D eigenvalue weighted by Gasteiger charge is -2.11. The number of benzene rings is 1. The third-order valence-corrected chi connectivity index (χ3v) is 3.92. The average Bonchev–Trinajstić information content (AvgIpc) is 2.28. The molecule has 1 aromatic carbocycles. The van der Waals surface area contributed by atoms with Crippen LogP contribution in [0.1, 0.15) is 19.8 Å². The molecule has 1 unspecified atom stereocenters. The van der Waals surface area contributed by atoms with Crippen LogP contribution in [0.15, 0.2) is 28.7 Å². The maximum atomic E-state index is 10.8. The predicted octanol–water partition coefficient (Wildman–Crippen LogP) is 2.53. The van der Waals surface area contributed by atoms with E-state index in [4.69, 9.17) is 9.88 Å². The topological polar surface area (TPSA) is 69.4 Å². The van der Waals surface area contributed by atoms with Crippen LogP contribution in [-0.2, 0) is 10.0 Å². The highest BCUT2D eigenvalue weighted by Crippen LogP contribution is 2.17. The Hall–Kier alpha value is -0.590. The molecule has 2 N–H and O–H groups in total. The Labute approximate surface area is 117 Å². The minimum Gasteiger partial charge on any atom is -0.494 e. The Morgan fingerprint density at radius 2 is 1.89 bits per heavy atom. The highest BCUT2D eigenvalue weighted by Gasteiger charge is 2.08. The summed E-state index contributed by atoms with van der Waals surface area (Å²) in [5.41, 5.74) is 0. The summed E-state index contributed by atoms with van der Waals surface area (Å²) in [7, 11) is -3.35. The number of hydrogen-bond donors (Lipinski definition) is 1. The Morgan fingerprint density at radius 1 is 1.28 bits per heavy atom. The normalized spacial score (nSPS) is 13.3. The van der Waals surface area contributed by atoms with Gasteiger partial charge in [0.15, 0.2) is 0 Å². The Balaban J connectivity index is 2.23. The first-order chi connectivity index (χ1) is 8.37. The van der Waals surface area contributed by atoms with Gasteiger partial charge in [-0.05, 0) is 43.0 Å². The number of sulfonamides is 1. The van der Waals surface area contributed by atoms with Crippen LogP contribution in [0.5, 0.6) is 5.75 Å². The van der Waals surface area contributed by atoms with Crippen molar-refractivity contribution in [2.24, 2.45) is 11.1 Å². The fourth-order valence-electron chi connectivity index (χ4n) is 1.42. The minimum absolute atomic E-state index is 0.0342. The van der Waals surface area contributed by atoms with Crippen LogP contribution in [-0.4, -0.2) is 20.8 Å². The van der Waals surface area contributed by atoms with E-state index in [0.29, 0.717) is 13.0 Å². The number of halogens is 1. The first-order valence-corrected chi connectivity index (χ1v) is 8.26. The van der Waals surface area contributed by atoms with Crippen molar-refractivity contribution in [2.75, 3.05) is 12.4 Å². The number of primary sulfonamides is 1. The molecule has 0 heterocycles. The van der Waals surface area contributed by atoms with Crippen LogP contribution >= 0.6 is 15.9 Å². The summed E-state index contributed by atoms with van der Waals surface area (Å²) in [6.45, 7) is 2.57. The molecule has 0 spiro atoms. The minimum atomic E-state index is -3.35. The van der Waals surface area contributed by atoms with Crippen molar-refractivity contribution in [3.05, 3.63) is 28.7 Å². The maximum Gasteiger partial charge on any atom is 0.209 e. The summed E-state index contributed by atoms with van der Waals surface area (Å²) in [5, 5.41) is 4.95.